The molecule has 0 aliphatic carbocycles. The minimum atomic E-state index is -0.313. The zero-order valence-electron chi connectivity index (χ0n) is 11.0. The molecule has 2 aromatic rings. The molecule has 19 heavy (non-hydrogen) atoms. The van der Waals surface area contributed by atoms with Crippen molar-refractivity contribution in [2.45, 2.75) is 24.9 Å². The number of nitrogens with zero attached hydrogens (tertiary/aromatic N) is 4. The normalized spacial score (nSPS) is 27.8. The second kappa shape index (κ2) is 4.97. The molecule has 0 aromatic carbocycles. The van der Waals surface area contributed by atoms with E-state index in [2.05, 4.69) is 29.5 Å². The molecule has 1 saturated heterocycles. The summed E-state index contributed by atoms with van der Waals surface area (Å²) >= 11 is 0. The van der Waals surface area contributed by atoms with Gasteiger partial charge in [-0.3, -0.25) is 4.57 Å². The molecule has 4 atom stereocenters. The Balaban J connectivity index is 1.90. The fourth-order valence-electron chi connectivity index (χ4n) is 2.25. The van der Waals surface area contributed by atoms with E-state index < -0.39 is 0 Å². The minimum Gasteiger partial charge on any atom is -0.394 e. The van der Waals surface area contributed by atoms with Crippen LogP contribution in [0.4, 0.5) is 5.82 Å². The van der Waals surface area contributed by atoms with Crippen LogP contribution < -0.4 is 5.73 Å². The summed E-state index contributed by atoms with van der Waals surface area (Å²) in [6.45, 7) is 0.138. The Kier molecular flexibility index (Phi) is 3.01. The molecular weight excluding hydrogens is 269 g/mol. The van der Waals surface area contributed by atoms with Crippen LogP contribution in [0, 0.1) is 0 Å². The number of ether oxygens (including phenoxy) is 1. The molecule has 1 fully saturated rings. The summed E-state index contributed by atoms with van der Waals surface area (Å²) in [4.78, 5) is 12.3. The summed E-state index contributed by atoms with van der Waals surface area (Å²) in [5.41, 5.74) is 6.91. The van der Waals surface area contributed by atoms with Crippen LogP contribution in [0.1, 0.15) is 12.6 Å². The highest BCUT2D eigenvalue weighted by atomic mass is 31.0. The topological polar surface area (TPSA) is 108 Å². The Morgan fingerprint density at radius 3 is 3.32 bits per heavy atom. The predicted octanol–water partition coefficient (Wildman–Crippen LogP) is -0.136. The lowest BCUT2D eigenvalue weighted by molar-refractivity contribution is -0.0372. The van der Waals surface area contributed by atoms with Crippen molar-refractivity contribution in [2.75, 3.05) is 12.3 Å². The number of anilines is 1. The molecular formula is C10H14N5O3P. The van der Waals surface area contributed by atoms with Gasteiger partial charge < -0.3 is 20.1 Å². The quantitative estimate of drug-likeness (QED) is 0.753. The Morgan fingerprint density at radius 1 is 1.63 bits per heavy atom. The largest absolute Gasteiger partial charge is 0.394 e. The SMILES string of the molecule is [3H]OC[C@H]1O[C@@H](n2cnc3c(N)ncnc32)C[C@@H]1OP. The third-order valence-electron chi connectivity index (χ3n) is 3.22. The van der Waals surface area contributed by atoms with Gasteiger partial charge in [-0.05, 0) is 0 Å². The molecule has 0 bridgehead atoms. The number of imidazole rings is 1. The first kappa shape index (κ1) is 11.5. The molecule has 3 rings (SSSR count). The van der Waals surface area contributed by atoms with Crippen LogP contribution in [0.2, 0.25) is 0 Å². The summed E-state index contributed by atoms with van der Waals surface area (Å²) < 4.78 is 19.7. The van der Waals surface area contributed by atoms with E-state index in [0.29, 0.717) is 23.4 Å². The van der Waals surface area contributed by atoms with Crippen LogP contribution in [0.5, 0.6) is 0 Å². The minimum absolute atomic E-state index is 0.138. The van der Waals surface area contributed by atoms with Crippen LogP contribution in [-0.4, -0.2) is 44.9 Å². The van der Waals surface area contributed by atoms with Crippen LogP contribution in [0.15, 0.2) is 12.7 Å². The Morgan fingerprint density at radius 2 is 2.53 bits per heavy atom. The van der Waals surface area contributed by atoms with Gasteiger partial charge >= 0.3 is 0 Å². The highest BCUT2D eigenvalue weighted by Gasteiger charge is 2.36. The van der Waals surface area contributed by atoms with E-state index in [0.717, 1.165) is 0 Å². The van der Waals surface area contributed by atoms with Crippen molar-refractivity contribution in [1.29, 1.82) is 1.43 Å². The van der Waals surface area contributed by atoms with Crippen LogP contribution in [-0.2, 0) is 9.26 Å². The first-order valence-corrected chi connectivity index (χ1v) is 6.24. The second-order valence-electron chi connectivity index (χ2n) is 4.29. The number of nitrogens with two attached hydrogens (primary N) is 1. The van der Waals surface area contributed by atoms with Gasteiger partial charge in [0.15, 0.2) is 11.5 Å². The maximum absolute atomic E-state index is 6.83. The molecule has 1 aliphatic heterocycles. The highest BCUT2D eigenvalue weighted by molar-refractivity contribution is 7.09. The number of aliphatic hydroxyl groups excluding tert-OH is 1. The first-order valence-electron chi connectivity index (χ1n) is 6.17. The fraction of sp³-hybridized carbons (Fsp3) is 0.500. The van der Waals surface area contributed by atoms with E-state index in [1.807, 2.05) is 0 Å². The lowest BCUT2D eigenvalue weighted by atomic mass is 10.2. The van der Waals surface area contributed by atoms with Crippen molar-refractivity contribution in [3.63, 3.8) is 0 Å². The van der Waals surface area contributed by atoms with Gasteiger partial charge in [-0.2, -0.15) is 0 Å². The molecule has 9 heteroatoms. The van der Waals surface area contributed by atoms with E-state index in [9.17, 15) is 0 Å². The Labute approximate surface area is 112 Å². The van der Waals surface area contributed by atoms with Crippen LogP contribution in [0.3, 0.4) is 0 Å². The van der Waals surface area contributed by atoms with Crippen molar-refractivity contribution >= 4 is 26.4 Å². The maximum atomic E-state index is 6.83. The van der Waals surface area contributed by atoms with E-state index in [-0.39, 0.29) is 25.0 Å². The van der Waals surface area contributed by atoms with Gasteiger partial charge in [0.1, 0.15) is 24.2 Å². The van der Waals surface area contributed by atoms with Gasteiger partial charge in [0.2, 0.25) is 1.43 Å². The lowest BCUT2D eigenvalue weighted by Crippen LogP contribution is -2.25. The summed E-state index contributed by atoms with van der Waals surface area (Å²) in [5, 5.41) is 4.40. The molecule has 1 unspecified atom stereocenters. The average molecular weight is 285 g/mol. The Bertz CT molecular complexity index is 612. The second-order valence-corrected chi connectivity index (χ2v) is 4.56. The van der Waals surface area contributed by atoms with Gasteiger partial charge in [-0.25, -0.2) is 15.0 Å². The molecule has 0 amide bonds. The molecule has 2 aromatic heterocycles. The zero-order chi connectivity index (χ0) is 14.1. The van der Waals surface area contributed by atoms with E-state index in [4.69, 9.17) is 16.4 Å². The number of aliphatic hydroxyl groups is 1. The Hall–Kier alpha value is -1.34. The van der Waals surface area contributed by atoms with Gasteiger partial charge in [0.25, 0.3) is 0 Å². The van der Waals surface area contributed by atoms with Gasteiger partial charge in [0, 0.05) is 15.9 Å². The molecule has 3 heterocycles. The third-order valence-corrected chi connectivity index (χ3v) is 3.57. The average Bonchev–Trinajstić information content (AvgIpc) is 3.03. The molecule has 8 nitrogen and oxygen atoms in total. The van der Waals surface area contributed by atoms with Crippen LogP contribution >= 0.6 is 9.47 Å². The van der Waals surface area contributed by atoms with Crippen LogP contribution in [0.25, 0.3) is 11.2 Å². The van der Waals surface area contributed by atoms with Gasteiger partial charge in [-0.15, -0.1) is 0 Å². The standard InChI is InChI=1S/C10H14N5O3P/c11-9-8-10(13-3-12-9)15(4-14-8)7-1-5(18-19)6(2-16)17-7/h3-7,16H,1-2,19H2,(H2,11,12,13)/t5-,6+,7+/m0/s1/i16T. The zero-order valence-corrected chi connectivity index (χ0v) is 11.1. The monoisotopic (exact) mass is 285 g/mol. The van der Waals surface area contributed by atoms with Gasteiger partial charge in [0.05, 0.1) is 19.0 Å². The molecule has 0 saturated carbocycles. The molecule has 3 N–H and O–H groups in total. The molecule has 102 valence electrons. The number of aromatic nitrogens is 4. The molecule has 0 spiro atoms. The van der Waals surface area contributed by atoms with Crippen molar-refractivity contribution in [1.82, 2.24) is 19.5 Å². The number of rotatable bonds is 4. The van der Waals surface area contributed by atoms with E-state index >= 15 is 0 Å². The highest BCUT2D eigenvalue weighted by Crippen LogP contribution is 2.33. The lowest BCUT2D eigenvalue weighted by Gasteiger charge is -2.14. The van der Waals surface area contributed by atoms with Crippen molar-refractivity contribution in [3.8, 4) is 0 Å². The van der Waals surface area contributed by atoms with Crippen molar-refractivity contribution in [2.24, 2.45) is 0 Å². The van der Waals surface area contributed by atoms with E-state index in [1.165, 1.54) is 6.33 Å². The maximum Gasteiger partial charge on any atom is 0.210 e. The summed E-state index contributed by atoms with van der Waals surface area (Å²) in [5.74, 6) is 0.330. The summed E-state index contributed by atoms with van der Waals surface area (Å²) in [6.07, 6.45) is 2.83. The number of nitrogen functional groups attached to an aromatic ring is 1. The predicted molar refractivity (Wildman–Crippen MR) is 69.9 cm³/mol. The number of hydrogen-bond acceptors (Lipinski definition) is 7. The molecule has 0 radical (unpaired) electrons. The third kappa shape index (κ3) is 2.06. The van der Waals surface area contributed by atoms with Gasteiger partial charge in [-0.1, -0.05) is 0 Å². The smallest absolute Gasteiger partial charge is 0.210 e. The summed E-state index contributed by atoms with van der Waals surface area (Å²) in [7, 11) is 2.22. The first-order chi connectivity index (χ1) is 9.74. The fourth-order valence-corrected chi connectivity index (χ4v) is 2.53. The molecule has 1 aliphatic rings. The summed E-state index contributed by atoms with van der Waals surface area (Å²) in [6, 6.07) is 0. The van der Waals surface area contributed by atoms with E-state index in [1.54, 1.807) is 10.9 Å². The van der Waals surface area contributed by atoms with Crippen molar-refractivity contribution < 1.29 is 14.4 Å². The van der Waals surface area contributed by atoms with Crippen molar-refractivity contribution in [3.05, 3.63) is 12.7 Å². The number of hydrogen-bond donors (Lipinski definition) is 2. The number of fused-ring (bicyclic) bond motifs is 1.